The fraction of sp³-hybridized carbons (Fsp3) is 0. The first-order valence-electron chi connectivity index (χ1n) is 24.0. The number of rotatable bonds is 7. The van der Waals surface area contributed by atoms with Gasteiger partial charge in [-0.3, -0.25) is 4.98 Å². The molecule has 0 N–H and O–H groups in total. The summed E-state index contributed by atoms with van der Waals surface area (Å²) in [6.45, 7) is 0. The van der Waals surface area contributed by atoms with Gasteiger partial charge in [-0.15, -0.1) is 0 Å². The zero-order valence-electron chi connectivity index (χ0n) is 38.2. The van der Waals surface area contributed by atoms with Gasteiger partial charge in [-0.2, -0.15) is 0 Å². The van der Waals surface area contributed by atoms with E-state index in [0.717, 1.165) is 44.8 Å². The molecule has 0 aliphatic rings. The molecule has 0 spiro atoms. The third kappa shape index (κ3) is 6.55. The number of benzene rings is 11. The van der Waals surface area contributed by atoms with Gasteiger partial charge in [0.25, 0.3) is 0 Å². The predicted octanol–water partition coefficient (Wildman–Crippen LogP) is 17.9. The lowest BCUT2D eigenvalue weighted by Crippen LogP contribution is -2.00. The fourth-order valence-electron chi connectivity index (χ4n) is 11.1. The maximum absolute atomic E-state index is 4.90. The number of fused-ring (bicyclic) bond motifs is 8. The maximum Gasteiger partial charge on any atom is 0.0541 e. The van der Waals surface area contributed by atoms with Crippen LogP contribution in [-0.2, 0) is 0 Å². The lowest BCUT2D eigenvalue weighted by molar-refractivity contribution is 1.13. The minimum atomic E-state index is 1.07. The highest BCUT2D eigenvalue weighted by atomic mass is 15.0. The van der Waals surface area contributed by atoms with Crippen molar-refractivity contribution in [3.8, 4) is 67.0 Å². The van der Waals surface area contributed by atoms with Crippen molar-refractivity contribution < 1.29 is 0 Å². The summed E-state index contributed by atoms with van der Waals surface area (Å²) in [7, 11) is 0. The second kappa shape index (κ2) is 16.2. The molecule has 0 aliphatic heterocycles. The van der Waals surface area contributed by atoms with E-state index in [2.05, 4.69) is 258 Å². The molecule has 0 saturated heterocycles. The first-order chi connectivity index (χ1) is 34.7. The van der Waals surface area contributed by atoms with Crippen molar-refractivity contribution in [1.82, 2.24) is 14.1 Å². The summed E-state index contributed by atoms with van der Waals surface area (Å²) < 4.78 is 4.86. The Balaban J connectivity index is 0.905. The van der Waals surface area contributed by atoms with Crippen molar-refractivity contribution >= 4 is 65.2 Å². The molecule has 0 radical (unpaired) electrons. The van der Waals surface area contributed by atoms with E-state index in [9.17, 15) is 0 Å². The first-order valence-corrected chi connectivity index (χ1v) is 24.0. The van der Waals surface area contributed by atoms with Crippen LogP contribution in [0.1, 0.15) is 0 Å². The molecule has 326 valence electrons. The van der Waals surface area contributed by atoms with Crippen molar-refractivity contribution in [1.29, 1.82) is 0 Å². The van der Waals surface area contributed by atoms with Gasteiger partial charge >= 0.3 is 0 Å². The molecule has 0 aliphatic carbocycles. The molecule has 0 amide bonds. The molecule has 3 heterocycles. The Kier molecular flexibility index (Phi) is 9.21. The Morgan fingerprint density at radius 3 is 1.01 bits per heavy atom. The average Bonchev–Trinajstić information content (AvgIpc) is 3.96. The van der Waals surface area contributed by atoms with Crippen LogP contribution in [0.5, 0.6) is 0 Å². The van der Waals surface area contributed by atoms with Crippen LogP contribution in [-0.4, -0.2) is 14.1 Å². The quantitative estimate of drug-likeness (QED) is 0.156. The molecule has 0 unspecified atom stereocenters. The average molecular weight is 890 g/mol. The number of aromatic nitrogens is 3. The smallest absolute Gasteiger partial charge is 0.0541 e. The molecule has 0 fully saturated rings. The van der Waals surface area contributed by atoms with Crippen LogP contribution < -0.4 is 0 Å². The van der Waals surface area contributed by atoms with E-state index in [-0.39, 0.29) is 0 Å². The Labute approximate surface area is 405 Å². The van der Waals surface area contributed by atoms with E-state index in [4.69, 9.17) is 4.98 Å². The molecule has 0 saturated carbocycles. The van der Waals surface area contributed by atoms with Gasteiger partial charge in [-0.1, -0.05) is 182 Å². The molecular weight excluding hydrogens is 847 g/mol. The minimum Gasteiger partial charge on any atom is -0.309 e. The third-order valence-electron chi connectivity index (χ3n) is 14.3. The van der Waals surface area contributed by atoms with Crippen LogP contribution in [0.25, 0.3) is 132 Å². The summed E-state index contributed by atoms with van der Waals surface area (Å²) in [6.07, 6.45) is 3.99. The van der Waals surface area contributed by atoms with E-state index in [1.807, 2.05) is 12.4 Å². The zero-order chi connectivity index (χ0) is 46.1. The van der Waals surface area contributed by atoms with Gasteiger partial charge in [0.1, 0.15) is 0 Å². The SMILES string of the molecule is c1ccc2c(-c3cc(-c4cncc(-c5ccc(-c6cc(-n7c8ccccc8c8ccccc87)cc(-n7c8ccccc8c8ccccc87)c6)cc5)c4)cc(-c4cccc5ccccc45)c3)cccc2c1. The second-order valence-corrected chi connectivity index (χ2v) is 18.4. The van der Waals surface area contributed by atoms with Gasteiger partial charge in [0.15, 0.2) is 0 Å². The summed E-state index contributed by atoms with van der Waals surface area (Å²) in [5, 5.41) is 9.90. The third-order valence-corrected chi connectivity index (χ3v) is 14.3. The summed E-state index contributed by atoms with van der Waals surface area (Å²) in [6, 6.07) is 91.0. The Hall–Kier alpha value is -9.31. The Bertz CT molecular complexity index is 4010. The second-order valence-electron chi connectivity index (χ2n) is 18.4. The lowest BCUT2D eigenvalue weighted by Gasteiger charge is -2.16. The standard InChI is InChI=1S/C67H43N3/c1-3-19-56-46(15-1)17-13-25-58(56)50-35-48(36-51(37-50)59-26-14-18-47-16-2-4-20-57(47)59)53-38-52(42-68-43-53)45-33-31-44(32-34-45)49-39-54(69-64-27-9-5-21-60(64)61-22-6-10-28-65(61)69)41-55(40-49)70-66-29-11-7-23-62(66)63-24-8-12-30-67(63)70/h1-43H. The Morgan fingerprint density at radius 2 is 0.557 bits per heavy atom. The fourth-order valence-corrected chi connectivity index (χ4v) is 11.1. The largest absolute Gasteiger partial charge is 0.309 e. The van der Waals surface area contributed by atoms with Crippen molar-refractivity contribution in [3.63, 3.8) is 0 Å². The van der Waals surface area contributed by atoms with Crippen LogP contribution in [0, 0.1) is 0 Å². The van der Waals surface area contributed by atoms with E-state index < -0.39 is 0 Å². The number of hydrogen-bond donors (Lipinski definition) is 0. The van der Waals surface area contributed by atoms with E-state index in [0.29, 0.717) is 0 Å². The van der Waals surface area contributed by atoms with Gasteiger partial charge in [-0.05, 0) is 133 Å². The van der Waals surface area contributed by atoms with Crippen LogP contribution >= 0.6 is 0 Å². The van der Waals surface area contributed by atoms with E-state index >= 15 is 0 Å². The molecular formula is C67H43N3. The van der Waals surface area contributed by atoms with Gasteiger partial charge in [0.2, 0.25) is 0 Å². The molecule has 70 heavy (non-hydrogen) atoms. The van der Waals surface area contributed by atoms with Crippen LogP contribution in [0.2, 0.25) is 0 Å². The highest BCUT2D eigenvalue weighted by Gasteiger charge is 2.18. The van der Waals surface area contributed by atoms with Crippen LogP contribution in [0.3, 0.4) is 0 Å². The monoisotopic (exact) mass is 889 g/mol. The predicted molar refractivity (Wildman–Crippen MR) is 295 cm³/mol. The zero-order valence-corrected chi connectivity index (χ0v) is 38.2. The highest BCUT2D eigenvalue weighted by Crippen LogP contribution is 2.41. The van der Waals surface area contributed by atoms with E-state index in [1.54, 1.807) is 0 Å². The number of pyridine rings is 1. The van der Waals surface area contributed by atoms with Gasteiger partial charge in [0, 0.05) is 56.4 Å². The highest BCUT2D eigenvalue weighted by molar-refractivity contribution is 6.11. The normalized spacial score (nSPS) is 11.7. The van der Waals surface area contributed by atoms with Gasteiger partial charge in [-0.25, -0.2) is 0 Å². The number of hydrogen-bond acceptors (Lipinski definition) is 1. The molecule has 14 aromatic rings. The molecule has 0 bridgehead atoms. The molecule has 14 rings (SSSR count). The van der Waals surface area contributed by atoms with E-state index in [1.165, 1.54) is 87.4 Å². The lowest BCUT2D eigenvalue weighted by atomic mass is 9.89. The molecule has 0 atom stereocenters. The topological polar surface area (TPSA) is 22.8 Å². The molecule has 3 nitrogen and oxygen atoms in total. The number of para-hydroxylation sites is 4. The van der Waals surface area contributed by atoms with Crippen LogP contribution in [0.4, 0.5) is 0 Å². The van der Waals surface area contributed by atoms with Crippen LogP contribution in [0.15, 0.2) is 261 Å². The van der Waals surface area contributed by atoms with Crippen molar-refractivity contribution in [2.75, 3.05) is 0 Å². The van der Waals surface area contributed by atoms with Gasteiger partial charge < -0.3 is 9.13 Å². The first kappa shape index (κ1) is 39.8. The van der Waals surface area contributed by atoms with Crippen molar-refractivity contribution in [2.24, 2.45) is 0 Å². The summed E-state index contributed by atoms with van der Waals surface area (Å²) in [4.78, 5) is 4.90. The molecule has 3 heteroatoms. The number of nitrogens with zero attached hydrogens (tertiary/aromatic N) is 3. The Morgan fingerprint density at radius 1 is 0.229 bits per heavy atom. The summed E-state index contributed by atoms with van der Waals surface area (Å²) >= 11 is 0. The molecule has 11 aromatic carbocycles. The molecule has 3 aromatic heterocycles. The maximum atomic E-state index is 4.90. The summed E-state index contributed by atoms with van der Waals surface area (Å²) in [5.41, 5.74) is 18.4. The summed E-state index contributed by atoms with van der Waals surface area (Å²) in [5.74, 6) is 0. The van der Waals surface area contributed by atoms with Gasteiger partial charge in [0.05, 0.1) is 22.1 Å². The van der Waals surface area contributed by atoms with Crippen molar-refractivity contribution in [3.05, 3.63) is 261 Å². The minimum absolute atomic E-state index is 1.07. The van der Waals surface area contributed by atoms with Crippen molar-refractivity contribution in [2.45, 2.75) is 0 Å².